The molecule has 2 aromatic carbocycles. The number of aryl methyl sites for hydroxylation is 1. The number of hydrogen-bond acceptors (Lipinski definition) is 2. The molecule has 30 heavy (non-hydrogen) atoms. The molecule has 1 fully saturated rings. The van der Waals surface area contributed by atoms with Gasteiger partial charge in [0, 0.05) is 30.9 Å². The van der Waals surface area contributed by atoms with Gasteiger partial charge in [-0.3, -0.25) is 4.79 Å². The summed E-state index contributed by atoms with van der Waals surface area (Å²) in [5, 5.41) is 5.59. The van der Waals surface area contributed by atoms with Crippen molar-refractivity contribution in [2.45, 2.75) is 25.9 Å². The number of urea groups is 1. The van der Waals surface area contributed by atoms with Gasteiger partial charge in [-0.05, 0) is 62.1 Å². The fourth-order valence-electron chi connectivity index (χ4n) is 3.45. The average molecular weight is 419 g/mol. The van der Waals surface area contributed by atoms with Gasteiger partial charge in [-0.25, -0.2) is 4.79 Å². The monoisotopic (exact) mass is 419 g/mol. The zero-order valence-corrected chi connectivity index (χ0v) is 16.6. The molecule has 0 aromatic heterocycles. The lowest BCUT2D eigenvalue weighted by Crippen LogP contribution is -2.44. The fraction of sp³-hybridized carbons (Fsp3) is 0.364. The van der Waals surface area contributed by atoms with Crippen LogP contribution in [0.15, 0.2) is 48.5 Å². The van der Waals surface area contributed by atoms with Crippen LogP contribution in [0.1, 0.15) is 34.3 Å². The summed E-state index contributed by atoms with van der Waals surface area (Å²) in [5.41, 5.74) is 1.25. The molecule has 0 spiro atoms. The van der Waals surface area contributed by atoms with Gasteiger partial charge in [0.15, 0.2) is 0 Å². The first-order valence-corrected chi connectivity index (χ1v) is 9.80. The topological polar surface area (TPSA) is 61.4 Å². The van der Waals surface area contributed by atoms with E-state index in [1.807, 2.05) is 31.2 Å². The first-order chi connectivity index (χ1) is 14.2. The molecule has 1 aliphatic rings. The van der Waals surface area contributed by atoms with Gasteiger partial charge >= 0.3 is 12.2 Å². The molecule has 3 amide bonds. The Morgan fingerprint density at radius 2 is 1.73 bits per heavy atom. The van der Waals surface area contributed by atoms with Crippen molar-refractivity contribution >= 4 is 17.6 Å². The van der Waals surface area contributed by atoms with Crippen molar-refractivity contribution < 1.29 is 22.8 Å². The highest BCUT2D eigenvalue weighted by atomic mass is 19.4. The van der Waals surface area contributed by atoms with Crippen LogP contribution in [0.25, 0.3) is 0 Å². The molecule has 2 N–H and O–H groups in total. The number of nitrogens with one attached hydrogen (secondary N) is 2. The summed E-state index contributed by atoms with van der Waals surface area (Å²) in [6.45, 7) is 3.37. The van der Waals surface area contributed by atoms with Gasteiger partial charge in [-0.1, -0.05) is 17.7 Å². The highest BCUT2D eigenvalue weighted by Gasteiger charge is 2.31. The summed E-state index contributed by atoms with van der Waals surface area (Å²) in [4.78, 5) is 26.4. The van der Waals surface area contributed by atoms with Gasteiger partial charge < -0.3 is 15.5 Å². The number of rotatable bonds is 4. The molecule has 1 aliphatic heterocycles. The van der Waals surface area contributed by atoms with Crippen LogP contribution in [0, 0.1) is 12.8 Å². The first kappa shape index (κ1) is 21.7. The van der Waals surface area contributed by atoms with Crippen molar-refractivity contribution in [2.24, 2.45) is 5.92 Å². The highest BCUT2D eigenvalue weighted by Crippen LogP contribution is 2.29. The minimum atomic E-state index is -4.43. The molecule has 2 aromatic rings. The van der Waals surface area contributed by atoms with Gasteiger partial charge in [0.1, 0.15) is 0 Å². The van der Waals surface area contributed by atoms with Crippen LogP contribution >= 0.6 is 0 Å². The number of hydrogen-bond donors (Lipinski definition) is 2. The molecule has 5 nitrogen and oxygen atoms in total. The van der Waals surface area contributed by atoms with Crippen LogP contribution in [0.2, 0.25) is 0 Å². The van der Waals surface area contributed by atoms with E-state index in [1.54, 1.807) is 4.90 Å². The minimum absolute atomic E-state index is 0.0842. The summed E-state index contributed by atoms with van der Waals surface area (Å²) >= 11 is 0. The summed E-state index contributed by atoms with van der Waals surface area (Å²) in [7, 11) is 0. The molecule has 0 aliphatic carbocycles. The number of likely N-dealkylation sites (tertiary alicyclic amines) is 1. The second kappa shape index (κ2) is 9.19. The van der Waals surface area contributed by atoms with E-state index >= 15 is 0 Å². The smallest absolute Gasteiger partial charge is 0.338 e. The fourth-order valence-corrected chi connectivity index (χ4v) is 3.45. The number of piperidine rings is 1. The predicted octanol–water partition coefficient (Wildman–Crippen LogP) is 4.69. The van der Waals surface area contributed by atoms with Gasteiger partial charge in [-0.15, -0.1) is 0 Å². The summed E-state index contributed by atoms with van der Waals surface area (Å²) < 4.78 is 38.1. The second-order valence-electron chi connectivity index (χ2n) is 7.54. The number of alkyl halides is 3. The number of halogens is 3. The zero-order chi connectivity index (χ0) is 21.7. The van der Waals surface area contributed by atoms with Crippen LogP contribution in [0.3, 0.4) is 0 Å². The molecule has 0 radical (unpaired) electrons. The standard InChI is InChI=1S/C22H24F3N3O2/c1-15-4-10-19(11-5-15)27-21(30)26-13-16-3-2-12-28(14-16)20(29)17-6-8-18(9-7-17)22(23,24)25/h4-11,16H,2-3,12-14H2,1H3,(H2,26,27,30). The van der Waals surface area contributed by atoms with Gasteiger partial charge in [0.05, 0.1) is 5.56 Å². The quantitative estimate of drug-likeness (QED) is 0.756. The maximum atomic E-state index is 12.7. The summed E-state index contributed by atoms with van der Waals surface area (Å²) in [5.74, 6) is -0.210. The van der Waals surface area contributed by atoms with Crippen molar-refractivity contribution in [2.75, 3.05) is 25.0 Å². The molecular formula is C22H24F3N3O2. The highest BCUT2D eigenvalue weighted by molar-refractivity contribution is 5.94. The molecular weight excluding hydrogens is 395 g/mol. The van der Waals surface area contributed by atoms with Crippen molar-refractivity contribution in [3.8, 4) is 0 Å². The molecule has 1 unspecified atom stereocenters. The Hall–Kier alpha value is -3.03. The third-order valence-electron chi connectivity index (χ3n) is 5.13. The Bertz CT molecular complexity index is 880. The van der Waals surface area contributed by atoms with Gasteiger partial charge in [-0.2, -0.15) is 13.2 Å². The number of carbonyl (C=O) groups is 2. The van der Waals surface area contributed by atoms with E-state index < -0.39 is 11.7 Å². The lowest BCUT2D eigenvalue weighted by atomic mass is 9.97. The lowest BCUT2D eigenvalue weighted by molar-refractivity contribution is -0.137. The zero-order valence-electron chi connectivity index (χ0n) is 16.6. The molecule has 0 saturated carbocycles. The van der Waals surface area contributed by atoms with Gasteiger partial charge in [0.2, 0.25) is 0 Å². The van der Waals surface area contributed by atoms with Crippen molar-refractivity contribution in [3.63, 3.8) is 0 Å². The Balaban J connectivity index is 1.51. The Labute approximate surface area is 173 Å². The maximum absolute atomic E-state index is 12.7. The molecule has 1 saturated heterocycles. The molecule has 1 atom stereocenters. The van der Waals surface area contributed by atoms with Crippen LogP contribution in [0.5, 0.6) is 0 Å². The maximum Gasteiger partial charge on any atom is 0.416 e. The minimum Gasteiger partial charge on any atom is -0.338 e. The van der Waals surface area contributed by atoms with E-state index in [9.17, 15) is 22.8 Å². The number of amides is 3. The number of carbonyl (C=O) groups excluding carboxylic acids is 2. The normalized spacial score (nSPS) is 16.8. The van der Waals surface area contributed by atoms with Crippen LogP contribution < -0.4 is 10.6 Å². The molecule has 3 rings (SSSR count). The number of benzene rings is 2. The summed E-state index contributed by atoms with van der Waals surface area (Å²) in [6, 6.07) is 11.4. The molecule has 1 heterocycles. The van der Waals surface area contributed by atoms with Crippen molar-refractivity contribution in [3.05, 3.63) is 65.2 Å². The van der Waals surface area contributed by atoms with E-state index in [1.165, 1.54) is 12.1 Å². The van der Waals surface area contributed by atoms with Crippen LogP contribution in [-0.4, -0.2) is 36.5 Å². The SMILES string of the molecule is Cc1ccc(NC(=O)NCC2CCCN(C(=O)c3ccc(C(F)(F)F)cc3)C2)cc1. The Morgan fingerprint density at radius 1 is 1.07 bits per heavy atom. The van der Waals surface area contributed by atoms with Crippen molar-refractivity contribution in [1.29, 1.82) is 0 Å². The summed E-state index contributed by atoms with van der Waals surface area (Å²) in [6.07, 6.45) is -2.79. The Kier molecular flexibility index (Phi) is 6.64. The predicted molar refractivity (Wildman–Crippen MR) is 108 cm³/mol. The Morgan fingerprint density at radius 3 is 2.37 bits per heavy atom. The number of anilines is 1. The van der Waals surface area contributed by atoms with Crippen molar-refractivity contribution in [1.82, 2.24) is 10.2 Å². The van der Waals surface area contributed by atoms with Crippen LogP contribution in [0.4, 0.5) is 23.7 Å². The third kappa shape index (κ3) is 5.75. The molecule has 0 bridgehead atoms. The largest absolute Gasteiger partial charge is 0.416 e. The van der Waals surface area contributed by atoms with E-state index in [-0.39, 0.29) is 23.4 Å². The molecule has 8 heteroatoms. The lowest BCUT2D eigenvalue weighted by Gasteiger charge is -2.33. The number of nitrogens with zero attached hydrogens (tertiary/aromatic N) is 1. The van der Waals surface area contributed by atoms with Gasteiger partial charge in [0.25, 0.3) is 5.91 Å². The average Bonchev–Trinajstić information content (AvgIpc) is 2.73. The van der Waals surface area contributed by atoms with E-state index in [4.69, 9.17) is 0 Å². The third-order valence-corrected chi connectivity index (χ3v) is 5.13. The van der Waals surface area contributed by atoms with E-state index in [0.717, 1.165) is 30.5 Å². The molecule has 160 valence electrons. The first-order valence-electron chi connectivity index (χ1n) is 9.80. The second-order valence-corrected chi connectivity index (χ2v) is 7.54. The van der Waals surface area contributed by atoms with E-state index in [0.29, 0.717) is 25.3 Å². The van der Waals surface area contributed by atoms with E-state index in [2.05, 4.69) is 10.6 Å². The van der Waals surface area contributed by atoms with Crippen LogP contribution in [-0.2, 0) is 6.18 Å².